The quantitative estimate of drug-likeness (QED) is 0.528. The van der Waals surface area contributed by atoms with Crippen LogP contribution >= 0.6 is 0 Å². The third-order valence-electron chi connectivity index (χ3n) is 5.79. The lowest BCUT2D eigenvalue weighted by Crippen LogP contribution is -2.31. The van der Waals surface area contributed by atoms with Gasteiger partial charge in [-0.15, -0.1) is 0 Å². The zero-order valence-corrected chi connectivity index (χ0v) is 17.8. The lowest BCUT2D eigenvalue weighted by molar-refractivity contribution is -0.137. The van der Waals surface area contributed by atoms with Crippen molar-refractivity contribution in [1.82, 2.24) is 4.90 Å². The first-order valence-electron chi connectivity index (χ1n) is 10.6. The fourth-order valence-electron chi connectivity index (χ4n) is 4.06. The van der Waals surface area contributed by atoms with E-state index in [9.17, 15) is 18.0 Å². The molecule has 1 heterocycles. The second kappa shape index (κ2) is 9.47. The van der Waals surface area contributed by atoms with Crippen LogP contribution in [0, 0.1) is 11.3 Å². The largest absolute Gasteiger partial charge is 0.416 e. The lowest BCUT2D eigenvalue weighted by Gasteiger charge is -2.28. The van der Waals surface area contributed by atoms with E-state index in [0.29, 0.717) is 28.8 Å². The fourth-order valence-corrected chi connectivity index (χ4v) is 4.06. The molecule has 1 N–H and O–H groups in total. The molecule has 4 nitrogen and oxygen atoms in total. The molecule has 1 aliphatic heterocycles. The van der Waals surface area contributed by atoms with Gasteiger partial charge < -0.3 is 5.32 Å². The topological polar surface area (TPSA) is 56.1 Å². The predicted octanol–water partition coefficient (Wildman–Crippen LogP) is 5.90. The van der Waals surface area contributed by atoms with Gasteiger partial charge in [-0.25, -0.2) is 0 Å². The summed E-state index contributed by atoms with van der Waals surface area (Å²) in [5.41, 5.74) is 3.78. The first-order valence-corrected chi connectivity index (χ1v) is 10.6. The summed E-state index contributed by atoms with van der Waals surface area (Å²) >= 11 is 0. The van der Waals surface area contributed by atoms with Gasteiger partial charge in [0, 0.05) is 37.3 Å². The molecule has 0 fully saturated rings. The average Bonchev–Trinajstić information content (AvgIpc) is 2.82. The van der Waals surface area contributed by atoms with Crippen LogP contribution in [-0.2, 0) is 19.1 Å². The van der Waals surface area contributed by atoms with Gasteiger partial charge >= 0.3 is 6.18 Å². The molecule has 1 aliphatic rings. The molecule has 0 radical (unpaired) electrons. The van der Waals surface area contributed by atoms with Crippen LogP contribution < -0.4 is 5.32 Å². The van der Waals surface area contributed by atoms with Crippen LogP contribution in [0.25, 0.3) is 11.1 Å². The van der Waals surface area contributed by atoms with Crippen molar-refractivity contribution in [1.29, 1.82) is 5.26 Å². The monoisotopic (exact) mass is 449 g/mol. The first kappa shape index (κ1) is 22.6. The van der Waals surface area contributed by atoms with Crippen molar-refractivity contribution in [3.63, 3.8) is 0 Å². The molecule has 0 saturated carbocycles. The van der Waals surface area contributed by atoms with Crippen LogP contribution in [0.3, 0.4) is 0 Å². The number of halogens is 3. The molecule has 0 aliphatic carbocycles. The van der Waals surface area contributed by atoms with Gasteiger partial charge in [-0.2, -0.15) is 18.4 Å². The number of carbonyl (C=O) groups excluding carboxylic acids is 1. The summed E-state index contributed by atoms with van der Waals surface area (Å²) in [5, 5.41) is 11.7. The van der Waals surface area contributed by atoms with E-state index < -0.39 is 11.7 Å². The summed E-state index contributed by atoms with van der Waals surface area (Å²) in [6, 6.07) is 19.6. The smallest absolute Gasteiger partial charge is 0.322 e. The molecule has 4 rings (SSSR count). The Morgan fingerprint density at radius 2 is 1.79 bits per heavy atom. The van der Waals surface area contributed by atoms with Gasteiger partial charge in [0.25, 0.3) is 5.91 Å². The number of nitrogens with zero attached hydrogens (tertiary/aromatic N) is 2. The molecule has 3 aromatic rings. The number of hydrogen-bond acceptors (Lipinski definition) is 3. The number of nitriles is 1. The Balaban J connectivity index is 1.52. The third kappa shape index (κ3) is 5.24. The number of amides is 1. The highest BCUT2D eigenvalue weighted by molar-refractivity contribution is 6.08. The number of nitrogens with one attached hydrogen (secondary N) is 1. The standard InChI is InChI=1S/C26H22F3N3O/c27-26(28,29)21-9-6-18(7-10-21)23-4-1-2-5-24(23)25(33)31-22-11-8-20-17-32(14-3-13-30)15-12-19(20)16-22/h1-2,4-11,16H,3,12,14-15,17H2,(H,31,33). The Morgan fingerprint density at radius 3 is 2.52 bits per heavy atom. The van der Waals surface area contributed by atoms with Gasteiger partial charge in [0.15, 0.2) is 0 Å². The molecular formula is C26H22F3N3O. The molecule has 0 aromatic heterocycles. The van der Waals surface area contributed by atoms with E-state index >= 15 is 0 Å². The van der Waals surface area contributed by atoms with Crippen molar-refractivity contribution in [2.24, 2.45) is 0 Å². The summed E-state index contributed by atoms with van der Waals surface area (Å²) in [5.74, 6) is -0.322. The van der Waals surface area contributed by atoms with Crippen LogP contribution in [0.5, 0.6) is 0 Å². The van der Waals surface area contributed by atoms with E-state index in [-0.39, 0.29) is 5.91 Å². The molecular weight excluding hydrogens is 427 g/mol. The maximum atomic E-state index is 13.0. The van der Waals surface area contributed by atoms with Gasteiger partial charge in [0.2, 0.25) is 0 Å². The van der Waals surface area contributed by atoms with Crippen molar-refractivity contribution in [2.45, 2.75) is 25.6 Å². The van der Waals surface area contributed by atoms with E-state index in [1.165, 1.54) is 17.7 Å². The van der Waals surface area contributed by atoms with Crippen LogP contribution in [0.2, 0.25) is 0 Å². The predicted molar refractivity (Wildman–Crippen MR) is 120 cm³/mol. The second-order valence-corrected chi connectivity index (χ2v) is 7.99. The van der Waals surface area contributed by atoms with Crippen LogP contribution in [0.4, 0.5) is 18.9 Å². The minimum Gasteiger partial charge on any atom is -0.322 e. The second-order valence-electron chi connectivity index (χ2n) is 7.99. The van der Waals surface area contributed by atoms with Crippen molar-refractivity contribution < 1.29 is 18.0 Å². The molecule has 0 atom stereocenters. The molecule has 7 heteroatoms. The van der Waals surface area contributed by atoms with E-state index in [0.717, 1.165) is 43.8 Å². The first-order chi connectivity index (χ1) is 15.8. The fraction of sp³-hybridized carbons (Fsp3) is 0.231. The number of fused-ring (bicyclic) bond motifs is 1. The molecule has 0 unspecified atom stereocenters. The number of rotatable bonds is 5. The molecule has 0 spiro atoms. The van der Waals surface area contributed by atoms with Crippen molar-refractivity contribution in [3.8, 4) is 17.2 Å². The number of benzene rings is 3. The molecule has 1 amide bonds. The van der Waals surface area contributed by atoms with Gasteiger partial charge in [0.05, 0.1) is 11.6 Å². The summed E-state index contributed by atoms with van der Waals surface area (Å²) < 4.78 is 38.7. The lowest BCUT2D eigenvalue weighted by atomic mass is 9.97. The van der Waals surface area contributed by atoms with E-state index in [1.54, 1.807) is 24.3 Å². The summed E-state index contributed by atoms with van der Waals surface area (Å²) in [6.07, 6.45) is -3.07. The SMILES string of the molecule is N#CCCN1CCc2cc(NC(=O)c3ccccc3-c3ccc(C(F)(F)F)cc3)ccc2C1. The zero-order valence-electron chi connectivity index (χ0n) is 17.8. The van der Waals surface area contributed by atoms with Crippen LogP contribution in [0.1, 0.15) is 33.5 Å². The van der Waals surface area contributed by atoms with Crippen LogP contribution in [-0.4, -0.2) is 23.9 Å². The highest BCUT2D eigenvalue weighted by Crippen LogP contribution is 2.32. The zero-order chi connectivity index (χ0) is 23.4. The molecule has 33 heavy (non-hydrogen) atoms. The summed E-state index contributed by atoms with van der Waals surface area (Å²) in [4.78, 5) is 15.3. The minimum absolute atomic E-state index is 0.322. The molecule has 0 saturated heterocycles. The number of alkyl halides is 3. The molecule has 3 aromatic carbocycles. The van der Waals surface area contributed by atoms with Crippen LogP contribution in [0.15, 0.2) is 66.7 Å². The molecule has 0 bridgehead atoms. The number of anilines is 1. The highest BCUT2D eigenvalue weighted by Gasteiger charge is 2.30. The third-order valence-corrected chi connectivity index (χ3v) is 5.79. The number of hydrogen-bond donors (Lipinski definition) is 1. The Morgan fingerprint density at radius 1 is 1.03 bits per heavy atom. The van der Waals surface area contributed by atoms with Gasteiger partial charge in [0.1, 0.15) is 0 Å². The normalized spacial score (nSPS) is 13.8. The van der Waals surface area contributed by atoms with E-state index in [2.05, 4.69) is 16.3 Å². The number of carbonyl (C=O) groups is 1. The van der Waals surface area contributed by atoms with Gasteiger partial charge in [-0.05, 0) is 59.0 Å². The van der Waals surface area contributed by atoms with Gasteiger partial charge in [-0.1, -0.05) is 36.4 Å². The maximum Gasteiger partial charge on any atom is 0.416 e. The maximum absolute atomic E-state index is 13.0. The summed E-state index contributed by atoms with van der Waals surface area (Å²) in [7, 11) is 0. The molecule has 168 valence electrons. The van der Waals surface area contributed by atoms with E-state index in [1.807, 2.05) is 18.2 Å². The Hall–Kier alpha value is -3.63. The van der Waals surface area contributed by atoms with E-state index in [4.69, 9.17) is 5.26 Å². The Kier molecular flexibility index (Phi) is 6.47. The highest BCUT2D eigenvalue weighted by atomic mass is 19.4. The summed E-state index contributed by atoms with van der Waals surface area (Å²) in [6.45, 7) is 2.39. The van der Waals surface area contributed by atoms with Crippen molar-refractivity contribution in [3.05, 3.63) is 89.0 Å². The van der Waals surface area contributed by atoms with Gasteiger partial charge in [-0.3, -0.25) is 9.69 Å². The van der Waals surface area contributed by atoms with Crippen molar-refractivity contribution in [2.75, 3.05) is 18.4 Å². The average molecular weight is 449 g/mol. The Bertz CT molecular complexity index is 1200. The Labute approximate surface area is 190 Å². The minimum atomic E-state index is -4.41. The van der Waals surface area contributed by atoms with Crippen molar-refractivity contribution >= 4 is 11.6 Å².